The van der Waals surface area contributed by atoms with E-state index in [0.717, 1.165) is 15.7 Å². The number of nitrogens with zero attached hydrogens (tertiary/aromatic N) is 5. The van der Waals surface area contributed by atoms with Crippen molar-refractivity contribution in [2.24, 2.45) is 0 Å². The van der Waals surface area contributed by atoms with Gasteiger partial charge in [0.1, 0.15) is 0 Å². The van der Waals surface area contributed by atoms with Crippen LogP contribution in [0.25, 0.3) is 5.78 Å². The lowest BCUT2D eigenvalue weighted by atomic mass is 10.2. The molecule has 22 heavy (non-hydrogen) atoms. The molecule has 0 fully saturated rings. The number of fused-ring (bicyclic) bond motifs is 1. The summed E-state index contributed by atoms with van der Waals surface area (Å²) in [6.07, 6.45) is 1.65. The molecule has 0 radical (unpaired) electrons. The molecule has 0 saturated carbocycles. The van der Waals surface area contributed by atoms with Crippen LogP contribution in [0.15, 0.2) is 41.0 Å². The van der Waals surface area contributed by atoms with E-state index in [1.54, 1.807) is 22.7 Å². The highest BCUT2D eigenvalue weighted by Gasteiger charge is 2.18. The largest absolute Gasteiger partial charge is 0.335 e. The predicted molar refractivity (Wildman–Crippen MR) is 85.5 cm³/mol. The lowest BCUT2D eigenvalue weighted by Crippen LogP contribution is -2.27. The Morgan fingerprint density at radius 2 is 2.00 bits per heavy atom. The van der Waals surface area contributed by atoms with Gasteiger partial charge in [-0.15, -0.1) is 5.10 Å². The molecule has 0 aliphatic carbocycles. The number of rotatable bonds is 3. The summed E-state index contributed by atoms with van der Waals surface area (Å²) in [5, 5.41) is 4.23. The molecule has 0 N–H and O–H groups in total. The Balaban J connectivity index is 1.82. The van der Waals surface area contributed by atoms with Crippen LogP contribution in [0.3, 0.4) is 0 Å². The van der Waals surface area contributed by atoms with E-state index >= 15 is 0 Å². The predicted octanol–water partition coefficient (Wildman–Crippen LogP) is 2.47. The quantitative estimate of drug-likeness (QED) is 0.720. The summed E-state index contributed by atoms with van der Waals surface area (Å²) in [6.45, 7) is 2.39. The smallest absolute Gasteiger partial charge is 0.293 e. The van der Waals surface area contributed by atoms with Gasteiger partial charge in [0.15, 0.2) is 0 Å². The second-order valence-corrected chi connectivity index (χ2v) is 5.94. The fourth-order valence-corrected chi connectivity index (χ4v) is 2.37. The number of halogens is 1. The highest BCUT2D eigenvalue weighted by atomic mass is 79.9. The molecule has 0 spiro atoms. The van der Waals surface area contributed by atoms with Crippen molar-refractivity contribution in [1.29, 1.82) is 0 Å². The molecule has 1 amide bonds. The molecular weight excluding hydrogens is 346 g/mol. The number of aryl methyl sites for hydroxylation is 1. The topological polar surface area (TPSA) is 63.4 Å². The lowest BCUT2D eigenvalue weighted by Gasteiger charge is -2.15. The standard InChI is InChI=1S/C15H14BrN5O/c1-10-7-8-17-15-18-13(19-21(10)15)14(22)20(2)9-11-3-5-12(16)6-4-11/h3-8H,9H2,1-2H3. The second-order valence-electron chi connectivity index (χ2n) is 5.02. The molecule has 1 aromatic carbocycles. The summed E-state index contributed by atoms with van der Waals surface area (Å²) in [6, 6.07) is 9.66. The summed E-state index contributed by atoms with van der Waals surface area (Å²) in [7, 11) is 1.73. The first-order valence-corrected chi connectivity index (χ1v) is 7.52. The van der Waals surface area contributed by atoms with Crippen molar-refractivity contribution >= 4 is 27.6 Å². The highest BCUT2D eigenvalue weighted by Crippen LogP contribution is 2.13. The molecule has 0 aliphatic heterocycles. The van der Waals surface area contributed by atoms with Crippen LogP contribution in [0.2, 0.25) is 0 Å². The minimum atomic E-state index is -0.229. The highest BCUT2D eigenvalue weighted by molar-refractivity contribution is 9.10. The van der Waals surface area contributed by atoms with Crippen LogP contribution in [0, 0.1) is 6.92 Å². The molecule has 6 nitrogen and oxygen atoms in total. The monoisotopic (exact) mass is 359 g/mol. The number of hydrogen-bond acceptors (Lipinski definition) is 4. The molecule has 0 saturated heterocycles. The first kappa shape index (κ1) is 14.6. The zero-order valence-corrected chi connectivity index (χ0v) is 13.8. The van der Waals surface area contributed by atoms with Gasteiger partial charge in [-0.2, -0.15) is 4.98 Å². The summed E-state index contributed by atoms with van der Waals surface area (Å²) in [4.78, 5) is 22.3. The Kier molecular flexibility index (Phi) is 3.89. The molecule has 0 bridgehead atoms. The van der Waals surface area contributed by atoms with E-state index in [2.05, 4.69) is 31.0 Å². The minimum Gasteiger partial charge on any atom is -0.335 e. The second kappa shape index (κ2) is 5.84. The van der Waals surface area contributed by atoms with Crippen LogP contribution >= 0.6 is 15.9 Å². The van der Waals surface area contributed by atoms with Gasteiger partial charge in [-0.25, -0.2) is 9.50 Å². The van der Waals surface area contributed by atoms with Gasteiger partial charge in [-0.3, -0.25) is 4.79 Å². The molecule has 2 aromatic heterocycles. The molecular formula is C15H14BrN5O. The van der Waals surface area contributed by atoms with Crippen molar-refractivity contribution in [2.75, 3.05) is 7.05 Å². The van der Waals surface area contributed by atoms with Crippen molar-refractivity contribution in [3.63, 3.8) is 0 Å². The number of carbonyl (C=O) groups excluding carboxylic acids is 1. The fourth-order valence-electron chi connectivity index (χ4n) is 2.10. The molecule has 3 rings (SSSR count). The Morgan fingerprint density at radius 3 is 2.68 bits per heavy atom. The number of carbonyl (C=O) groups is 1. The van der Waals surface area contributed by atoms with Gasteiger partial charge < -0.3 is 4.90 Å². The maximum absolute atomic E-state index is 12.4. The van der Waals surface area contributed by atoms with E-state index in [9.17, 15) is 4.79 Å². The molecule has 0 aliphatic rings. The fraction of sp³-hybridized carbons (Fsp3) is 0.200. The van der Waals surface area contributed by atoms with E-state index < -0.39 is 0 Å². The van der Waals surface area contributed by atoms with Crippen molar-refractivity contribution in [2.45, 2.75) is 13.5 Å². The number of aromatic nitrogens is 4. The van der Waals surface area contributed by atoms with Crippen molar-refractivity contribution in [3.8, 4) is 0 Å². The Labute approximate surface area is 135 Å². The summed E-state index contributed by atoms with van der Waals surface area (Å²) in [5.74, 6) is 0.356. The third kappa shape index (κ3) is 2.85. The van der Waals surface area contributed by atoms with Gasteiger partial charge in [0.25, 0.3) is 11.7 Å². The number of amides is 1. The summed E-state index contributed by atoms with van der Waals surface area (Å²) in [5.41, 5.74) is 1.92. The van der Waals surface area contributed by atoms with Gasteiger partial charge >= 0.3 is 0 Å². The molecule has 112 valence electrons. The van der Waals surface area contributed by atoms with Gasteiger partial charge in [0.05, 0.1) is 0 Å². The van der Waals surface area contributed by atoms with Gasteiger partial charge in [-0.05, 0) is 30.7 Å². The van der Waals surface area contributed by atoms with Crippen LogP contribution < -0.4 is 0 Å². The normalized spacial score (nSPS) is 10.9. The van der Waals surface area contributed by atoms with Crippen LogP contribution in [-0.4, -0.2) is 37.4 Å². The maximum Gasteiger partial charge on any atom is 0.293 e. The zero-order chi connectivity index (χ0) is 15.7. The van der Waals surface area contributed by atoms with Gasteiger partial charge in [-0.1, -0.05) is 28.1 Å². The van der Waals surface area contributed by atoms with Gasteiger partial charge in [0, 0.05) is 30.0 Å². The molecule has 7 heteroatoms. The maximum atomic E-state index is 12.4. The van der Waals surface area contributed by atoms with Crippen LogP contribution in [-0.2, 0) is 6.54 Å². The zero-order valence-electron chi connectivity index (χ0n) is 12.2. The summed E-state index contributed by atoms with van der Waals surface area (Å²) >= 11 is 3.39. The third-order valence-corrected chi connectivity index (χ3v) is 3.83. The van der Waals surface area contributed by atoms with Crippen LogP contribution in [0.4, 0.5) is 0 Å². The van der Waals surface area contributed by atoms with E-state index in [1.807, 2.05) is 37.3 Å². The molecule has 2 heterocycles. The number of benzene rings is 1. The SMILES string of the molecule is Cc1ccnc2nc(C(=O)N(C)Cc3ccc(Br)cc3)nn12. The first-order valence-electron chi connectivity index (χ1n) is 6.73. The van der Waals surface area contributed by atoms with Crippen molar-refractivity contribution in [3.05, 3.63) is 58.1 Å². The molecule has 3 aromatic rings. The Hall–Kier alpha value is -2.28. The molecule has 0 unspecified atom stereocenters. The Morgan fingerprint density at radius 1 is 1.27 bits per heavy atom. The van der Waals surface area contributed by atoms with Crippen LogP contribution in [0.1, 0.15) is 21.9 Å². The molecule has 0 atom stereocenters. The Bertz CT molecular complexity index is 828. The third-order valence-electron chi connectivity index (χ3n) is 3.30. The minimum absolute atomic E-state index is 0.154. The average Bonchev–Trinajstić information content (AvgIpc) is 2.94. The average molecular weight is 360 g/mol. The van der Waals surface area contributed by atoms with Crippen molar-refractivity contribution < 1.29 is 4.79 Å². The van der Waals surface area contributed by atoms with Crippen LogP contribution in [0.5, 0.6) is 0 Å². The summed E-state index contributed by atoms with van der Waals surface area (Å²) < 4.78 is 2.58. The van der Waals surface area contributed by atoms with Gasteiger partial charge in [0.2, 0.25) is 5.82 Å². The van der Waals surface area contributed by atoms with E-state index in [-0.39, 0.29) is 11.7 Å². The van der Waals surface area contributed by atoms with E-state index in [4.69, 9.17) is 0 Å². The number of hydrogen-bond donors (Lipinski definition) is 0. The first-order chi connectivity index (χ1) is 10.5. The van der Waals surface area contributed by atoms with E-state index in [0.29, 0.717) is 12.3 Å². The van der Waals surface area contributed by atoms with Crippen molar-refractivity contribution in [1.82, 2.24) is 24.5 Å². The lowest BCUT2D eigenvalue weighted by molar-refractivity contribution is 0.0773. The van der Waals surface area contributed by atoms with E-state index in [1.165, 1.54) is 0 Å².